The van der Waals surface area contributed by atoms with Crippen molar-refractivity contribution in [3.8, 4) is 5.75 Å². The molecule has 0 radical (unpaired) electrons. The molecule has 2 aromatic rings. The molecule has 0 N–H and O–H groups in total. The van der Waals surface area contributed by atoms with Crippen LogP contribution >= 0.6 is 23.2 Å². The zero-order valence-electron chi connectivity index (χ0n) is 10.9. The summed E-state index contributed by atoms with van der Waals surface area (Å²) in [6, 6.07) is 7.27. The number of hydrogen-bond acceptors (Lipinski definition) is 2. The number of ketones is 1. The van der Waals surface area contributed by atoms with Gasteiger partial charge in [0, 0.05) is 11.1 Å². The summed E-state index contributed by atoms with van der Waals surface area (Å²) in [5, 5.41) is 0.664. The van der Waals surface area contributed by atoms with Crippen LogP contribution in [0.1, 0.15) is 17.3 Å². The molecule has 2 aromatic carbocycles. The molecule has 110 valence electrons. The van der Waals surface area contributed by atoms with Gasteiger partial charge in [-0.3, -0.25) is 4.79 Å². The van der Waals surface area contributed by atoms with E-state index in [2.05, 4.69) is 0 Å². The highest BCUT2D eigenvalue weighted by Gasteiger charge is 2.21. The average molecular weight is 331 g/mol. The molecule has 0 aliphatic carbocycles. The first-order valence-electron chi connectivity index (χ1n) is 5.99. The van der Waals surface area contributed by atoms with Crippen molar-refractivity contribution >= 4 is 29.0 Å². The van der Waals surface area contributed by atoms with Gasteiger partial charge >= 0.3 is 0 Å². The smallest absolute Gasteiger partial charge is 0.205 e. The number of carbonyl (C=O) groups is 1. The summed E-state index contributed by atoms with van der Waals surface area (Å²) in [4.78, 5) is 12.1. The van der Waals surface area contributed by atoms with E-state index >= 15 is 0 Å². The van der Waals surface area contributed by atoms with Crippen molar-refractivity contribution in [3.63, 3.8) is 0 Å². The minimum atomic E-state index is -0.983. The molecule has 0 aromatic heterocycles. The highest BCUT2D eigenvalue weighted by atomic mass is 35.5. The third-order valence-electron chi connectivity index (χ3n) is 2.76. The molecule has 0 saturated heterocycles. The van der Waals surface area contributed by atoms with Crippen LogP contribution in [0.2, 0.25) is 10.0 Å². The Kier molecular flexibility index (Phi) is 4.80. The van der Waals surface area contributed by atoms with Crippen LogP contribution in [-0.2, 0) is 0 Å². The number of ether oxygens (including phenoxy) is 1. The van der Waals surface area contributed by atoms with Gasteiger partial charge < -0.3 is 4.74 Å². The van der Waals surface area contributed by atoms with Crippen molar-refractivity contribution < 1.29 is 18.3 Å². The number of hydrogen-bond donors (Lipinski definition) is 0. The van der Waals surface area contributed by atoms with Crippen molar-refractivity contribution in [2.45, 2.75) is 13.0 Å². The summed E-state index contributed by atoms with van der Waals surface area (Å²) in [7, 11) is 0. The monoisotopic (exact) mass is 330 g/mol. The van der Waals surface area contributed by atoms with E-state index < -0.39 is 23.5 Å². The molecule has 0 aliphatic rings. The van der Waals surface area contributed by atoms with E-state index in [4.69, 9.17) is 27.9 Å². The maximum absolute atomic E-state index is 13.6. The second-order valence-corrected chi connectivity index (χ2v) is 5.17. The van der Waals surface area contributed by atoms with Gasteiger partial charge in [-0.15, -0.1) is 0 Å². The fraction of sp³-hybridized carbons (Fsp3) is 0.133. The third-order valence-corrected chi connectivity index (χ3v) is 3.29. The highest BCUT2D eigenvalue weighted by Crippen LogP contribution is 2.28. The molecule has 0 saturated carbocycles. The van der Waals surface area contributed by atoms with Crippen LogP contribution in [0.4, 0.5) is 8.78 Å². The molecule has 0 bridgehead atoms. The molecule has 6 heteroatoms. The highest BCUT2D eigenvalue weighted by molar-refractivity contribution is 6.35. The fourth-order valence-corrected chi connectivity index (χ4v) is 2.18. The molecule has 21 heavy (non-hydrogen) atoms. The van der Waals surface area contributed by atoms with E-state index in [9.17, 15) is 13.6 Å². The molecule has 2 nitrogen and oxygen atoms in total. The van der Waals surface area contributed by atoms with Gasteiger partial charge in [0.05, 0.1) is 10.6 Å². The van der Waals surface area contributed by atoms with E-state index in [1.54, 1.807) is 6.07 Å². The zero-order chi connectivity index (χ0) is 15.6. The quantitative estimate of drug-likeness (QED) is 0.743. The third kappa shape index (κ3) is 3.71. The minimum absolute atomic E-state index is 0.238. The van der Waals surface area contributed by atoms with Crippen molar-refractivity contribution in [2.75, 3.05) is 0 Å². The van der Waals surface area contributed by atoms with Crippen LogP contribution in [0.3, 0.4) is 0 Å². The van der Waals surface area contributed by atoms with Gasteiger partial charge in [-0.25, -0.2) is 8.78 Å². The first kappa shape index (κ1) is 15.7. The summed E-state index contributed by atoms with van der Waals surface area (Å²) in [6.45, 7) is 1.45. The van der Waals surface area contributed by atoms with Crippen LogP contribution in [0, 0.1) is 11.6 Å². The second kappa shape index (κ2) is 6.41. The van der Waals surface area contributed by atoms with E-state index in [1.165, 1.54) is 19.1 Å². The predicted octanol–water partition coefficient (Wildman–Crippen LogP) is 4.92. The molecule has 0 amide bonds. The van der Waals surface area contributed by atoms with Gasteiger partial charge in [0.1, 0.15) is 17.4 Å². The van der Waals surface area contributed by atoms with Gasteiger partial charge in [-0.2, -0.15) is 0 Å². The maximum Gasteiger partial charge on any atom is 0.205 e. The van der Waals surface area contributed by atoms with Gasteiger partial charge in [0.25, 0.3) is 0 Å². The lowest BCUT2D eigenvalue weighted by molar-refractivity contribution is 0.0814. The van der Waals surface area contributed by atoms with E-state index in [0.717, 1.165) is 12.1 Å². The zero-order valence-corrected chi connectivity index (χ0v) is 12.4. The topological polar surface area (TPSA) is 26.3 Å². The van der Waals surface area contributed by atoms with Crippen LogP contribution in [0.15, 0.2) is 36.4 Å². The van der Waals surface area contributed by atoms with Crippen LogP contribution in [-0.4, -0.2) is 11.9 Å². The largest absolute Gasteiger partial charge is 0.481 e. The second-order valence-electron chi connectivity index (χ2n) is 4.32. The normalized spacial score (nSPS) is 12.0. The Balaban J connectivity index is 2.19. The van der Waals surface area contributed by atoms with Crippen molar-refractivity contribution in [1.29, 1.82) is 0 Å². The lowest BCUT2D eigenvalue weighted by atomic mass is 10.1. The van der Waals surface area contributed by atoms with Crippen molar-refractivity contribution in [2.24, 2.45) is 0 Å². The Labute approximate surface area is 130 Å². The Morgan fingerprint density at radius 1 is 1.14 bits per heavy atom. The van der Waals surface area contributed by atoms with Gasteiger partial charge in [0.15, 0.2) is 6.10 Å². The summed E-state index contributed by atoms with van der Waals surface area (Å²) in [5.74, 6) is -2.04. The molecule has 0 spiro atoms. The standard InChI is InChI=1S/C15H10Cl2F2O2/c1-8(21-14-5-2-9(16)6-12(14)17)15(20)11-4-3-10(18)7-13(11)19/h2-8H,1H3. The molecule has 0 aliphatic heterocycles. The molecule has 0 fully saturated rings. The van der Waals surface area contributed by atoms with Crippen molar-refractivity contribution in [3.05, 3.63) is 63.6 Å². The molecular weight excluding hydrogens is 321 g/mol. The van der Waals surface area contributed by atoms with Gasteiger partial charge in [0.2, 0.25) is 5.78 Å². The Hall–Kier alpha value is -1.65. The predicted molar refractivity (Wildman–Crippen MR) is 77.2 cm³/mol. The number of Topliss-reactive ketones (excluding diaryl/α,β-unsaturated/α-hetero) is 1. The number of rotatable bonds is 4. The fourth-order valence-electron chi connectivity index (χ4n) is 1.72. The van der Waals surface area contributed by atoms with E-state index in [1.807, 2.05) is 0 Å². The van der Waals surface area contributed by atoms with Gasteiger partial charge in [-0.05, 0) is 37.3 Å². The lowest BCUT2D eigenvalue weighted by Crippen LogP contribution is -2.25. The minimum Gasteiger partial charge on any atom is -0.481 e. The molecule has 1 unspecified atom stereocenters. The van der Waals surface area contributed by atoms with Crippen LogP contribution in [0.5, 0.6) is 5.75 Å². The maximum atomic E-state index is 13.6. The molecule has 2 rings (SSSR count). The molecule has 0 heterocycles. The van der Waals surface area contributed by atoms with Crippen molar-refractivity contribution in [1.82, 2.24) is 0 Å². The summed E-state index contributed by atoms with van der Waals surface area (Å²) in [5.41, 5.74) is -0.242. The average Bonchev–Trinajstić information content (AvgIpc) is 2.41. The molecule has 1 atom stereocenters. The summed E-state index contributed by atoms with van der Waals surface area (Å²) in [6.07, 6.45) is -0.983. The Morgan fingerprint density at radius 2 is 1.86 bits per heavy atom. The lowest BCUT2D eigenvalue weighted by Gasteiger charge is -2.15. The summed E-state index contributed by atoms with van der Waals surface area (Å²) < 4.78 is 31.8. The van der Waals surface area contributed by atoms with Gasteiger partial charge in [-0.1, -0.05) is 23.2 Å². The van der Waals surface area contributed by atoms with E-state index in [0.29, 0.717) is 11.1 Å². The van der Waals surface area contributed by atoms with Crippen LogP contribution < -0.4 is 4.74 Å². The number of benzene rings is 2. The Morgan fingerprint density at radius 3 is 2.48 bits per heavy atom. The number of halogens is 4. The Bertz CT molecular complexity index is 689. The first-order valence-corrected chi connectivity index (χ1v) is 6.75. The first-order chi connectivity index (χ1) is 9.88. The SMILES string of the molecule is CC(Oc1ccc(Cl)cc1Cl)C(=O)c1ccc(F)cc1F. The van der Waals surface area contributed by atoms with E-state index in [-0.39, 0.29) is 16.3 Å². The summed E-state index contributed by atoms with van der Waals surface area (Å²) >= 11 is 11.7. The van der Waals surface area contributed by atoms with Crippen LogP contribution in [0.25, 0.3) is 0 Å². The molecular formula is C15H10Cl2F2O2. The number of carbonyl (C=O) groups excluding carboxylic acids is 1.